The maximum atomic E-state index is 13.5. The third-order valence-corrected chi connectivity index (χ3v) is 7.47. The minimum atomic E-state index is -0.591. The van der Waals surface area contributed by atoms with Crippen LogP contribution in [0, 0.1) is 0 Å². The second-order valence-electron chi connectivity index (χ2n) is 9.67. The number of carbonyl (C=O) groups is 4. The van der Waals surface area contributed by atoms with Gasteiger partial charge in [0.15, 0.2) is 5.78 Å². The number of ketones is 1. The van der Waals surface area contributed by atoms with Crippen molar-refractivity contribution in [3.05, 3.63) is 119 Å². The quantitative estimate of drug-likeness (QED) is 0.0913. The number of hydrogen-bond acceptors (Lipinski definition) is 7. The topological polar surface area (TPSA) is 134 Å². The third kappa shape index (κ3) is 8.59. The number of nitrogens with one attached hydrogen (secondary N) is 3. The Balaban J connectivity index is 1.50. The second kappa shape index (κ2) is 14.7. The Hall–Kier alpha value is -5.35. The summed E-state index contributed by atoms with van der Waals surface area (Å²) >= 11 is 1.30. The summed E-state index contributed by atoms with van der Waals surface area (Å²) in [4.78, 5) is 51.5. The molecule has 0 saturated carbocycles. The van der Waals surface area contributed by atoms with Crippen molar-refractivity contribution in [3.63, 3.8) is 0 Å². The van der Waals surface area contributed by atoms with Crippen LogP contribution in [0.5, 0.6) is 11.5 Å². The molecule has 0 bridgehead atoms. The van der Waals surface area contributed by atoms with Crippen molar-refractivity contribution in [3.8, 4) is 11.5 Å². The monoisotopic (exact) mass is 609 g/mol. The number of benzene rings is 4. The van der Waals surface area contributed by atoms with Gasteiger partial charge in [0.05, 0.1) is 12.4 Å². The van der Waals surface area contributed by atoms with E-state index in [0.29, 0.717) is 33.8 Å². The highest BCUT2D eigenvalue weighted by atomic mass is 32.2. The lowest BCUT2D eigenvalue weighted by molar-refractivity contribution is -0.115. The summed E-state index contributed by atoms with van der Waals surface area (Å²) in [7, 11) is 1.43. The van der Waals surface area contributed by atoms with Crippen molar-refractivity contribution in [2.75, 3.05) is 17.7 Å². The van der Waals surface area contributed by atoms with Gasteiger partial charge in [-0.1, -0.05) is 24.3 Å². The van der Waals surface area contributed by atoms with Crippen molar-refractivity contribution in [1.82, 2.24) is 5.32 Å². The molecule has 1 unspecified atom stereocenters. The summed E-state index contributed by atoms with van der Waals surface area (Å²) < 4.78 is 5.34. The first kappa shape index (κ1) is 31.6. The highest BCUT2D eigenvalue weighted by molar-refractivity contribution is 8.00. The van der Waals surface area contributed by atoms with Gasteiger partial charge in [-0.3, -0.25) is 19.2 Å². The van der Waals surface area contributed by atoms with Crippen LogP contribution in [0.3, 0.4) is 0 Å². The van der Waals surface area contributed by atoms with Gasteiger partial charge in [-0.15, -0.1) is 11.8 Å². The van der Waals surface area contributed by atoms with Crippen LogP contribution in [0.4, 0.5) is 11.4 Å². The Morgan fingerprint density at radius 3 is 2.23 bits per heavy atom. The molecule has 3 amide bonds. The van der Waals surface area contributed by atoms with E-state index < -0.39 is 17.1 Å². The minimum Gasteiger partial charge on any atom is -0.508 e. The summed E-state index contributed by atoms with van der Waals surface area (Å²) in [6, 6.07) is 26.6. The molecule has 4 N–H and O–H groups in total. The van der Waals surface area contributed by atoms with Crippen LogP contribution in [0.25, 0.3) is 6.08 Å². The number of Topliss-reactive ketones (excluding diaryl/α,β-unsaturated/α-hetero) is 1. The van der Waals surface area contributed by atoms with E-state index in [1.807, 2.05) is 6.07 Å². The fourth-order valence-corrected chi connectivity index (χ4v) is 4.98. The molecule has 1 atom stereocenters. The van der Waals surface area contributed by atoms with Gasteiger partial charge in [0.1, 0.15) is 17.2 Å². The average molecular weight is 610 g/mol. The Kier molecular flexibility index (Phi) is 10.6. The molecule has 9 nitrogen and oxygen atoms in total. The molecule has 0 heterocycles. The molecule has 4 aromatic rings. The summed E-state index contributed by atoms with van der Waals surface area (Å²) in [5.41, 5.74) is 2.36. The molecule has 0 aliphatic heterocycles. The fraction of sp³-hybridized carbons (Fsp3) is 0.118. The summed E-state index contributed by atoms with van der Waals surface area (Å²) in [5.74, 6) is -1.06. The molecule has 4 rings (SSSR count). The van der Waals surface area contributed by atoms with Gasteiger partial charge in [-0.05, 0) is 86.7 Å². The molecule has 0 fully saturated rings. The number of amides is 3. The van der Waals surface area contributed by atoms with Crippen LogP contribution >= 0.6 is 11.8 Å². The molecule has 0 radical (unpaired) electrons. The number of phenols is 1. The second-order valence-corrected chi connectivity index (χ2v) is 11.1. The van der Waals surface area contributed by atoms with E-state index in [1.165, 1.54) is 44.0 Å². The molecular weight excluding hydrogens is 578 g/mol. The van der Waals surface area contributed by atoms with Gasteiger partial charge >= 0.3 is 0 Å². The molecule has 10 heteroatoms. The number of phenolic OH excluding ortho intramolecular Hbond substituents is 1. The molecule has 44 heavy (non-hydrogen) atoms. The van der Waals surface area contributed by atoms with Gasteiger partial charge in [0, 0.05) is 39.0 Å². The molecule has 0 aliphatic carbocycles. The van der Waals surface area contributed by atoms with E-state index in [4.69, 9.17) is 4.74 Å². The van der Waals surface area contributed by atoms with Gasteiger partial charge in [0.2, 0.25) is 5.91 Å². The third-order valence-electron chi connectivity index (χ3n) is 6.38. The molecule has 0 saturated heterocycles. The predicted octanol–water partition coefficient (Wildman–Crippen LogP) is 6.13. The summed E-state index contributed by atoms with van der Waals surface area (Å²) in [6.07, 6.45) is 1.46. The number of aromatic hydroxyl groups is 1. The number of methoxy groups -OCH3 is 1. The van der Waals surface area contributed by atoms with Crippen LogP contribution in [0.15, 0.2) is 108 Å². The van der Waals surface area contributed by atoms with Crippen molar-refractivity contribution >= 4 is 52.7 Å². The summed E-state index contributed by atoms with van der Waals surface area (Å²) in [5, 5.41) is 17.7. The van der Waals surface area contributed by atoms with E-state index in [0.717, 1.165) is 4.90 Å². The standard InChI is InChI=1S/C34H31N3O6S/c1-21(38)23-12-15-26(16-13-23)35-32(40)22(2)44-29-11-7-10-27(19-29)36-34(42)30(37-33(41)24-8-5-4-6-9-24)18-25-14-17-28(39)20-31(25)43-3/h4-20,22,39H,1-3H3,(H,35,40)(H,36,42)(H,37,41)/b30-18+. The number of thioether (sulfide) groups is 1. The van der Waals surface area contributed by atoms with Crippen LogP contribution in [0.1, 0.15) is 40.1 Å². The van der Waals surface area contributed by atoms with Crippen molar-refractivity contribution in [1.29, 1.82) is 0 Å². The zero-order chi connectivity index (χ0) is 31.6. The van der Waals surface area contributed by atoms with Crippen molar-refractivity contribution in [2.24, 2.45) is 0 Å². The van der Waals surface area contributed by atoms with E-state index in [2.05, 4.69) is 16.0 Å². The first-order valence-electron chi connectivity index (χ1n) is 13.6. The lowest BCUT2D eigenvalue weighted by Gasteiger charge is -2.15. The molecule has 0 aromatic heterocycles. The predicted molar refractivity (Wildman–Crippen MR) is 172 cm³/mol. The number of rotatable bonds is 11. The zero-order valence-electron chi connectivity index (χ0n) is 24.3. The Bertz CT molecular complexity index is 1700. The molecule has 0 aliphatic rings. The first-order chi connectivity index (χ1) is 21.1. The van der Waals surface area contributed by atoms with Gasteiger partial charge in [-0.25, -0.2) is 0 Å². The van der Waals surface area contributed by atoms with Crippen LogP contribution in [0.2, 0.25) is 0 Å². The normalized spacial score (nSPS) is 11.7. The highest BCUT2D eigenvalue weighted by Crippen LogP contribution is 2.28. The van der Waals surface area contributed by atoms with Crippen LogP contribution in [-0.4, -0.2) is 41.0 Å². The smallest absolute Gasteiger partial charge is 0.272 e. The SMILES string of the molecule is COc1cc(O)ccc1/C=C(/NC(=O)c1ccccc1)C(=O)Nc1cccc(SC(C)C(=O)Nc2ccc(C(C)=O)cc2)c1. The van der Waals surface area contributed by atoms with E-state index in [9.17, 15) is 24.3 Å². The highest BCUT2D eigenvalue weighted by Gasteiger charge is 2.18. The summed E-state index contributed by atoms with van der Waals surface area (Å²) in [6.45, 7) is 3.24. The maximum absolute atomic E-state index is 13.5. The molecular formula is C34H31N3O6S. The van der Waals surface area contributed by atoms with E-state index >= 15 is 0 Å². The lowest BCUT2D eigenvalue weighted by Crippen LogP contribution is -2.30. The number of anilines is 2. The maximum Gasteiger partial charge on any atom is 0.272 e. The number of ether oxygens (including phenoxy) is 1. The van der Waals surface area contributed by atoms with Crippen molar-refractivity contribution in [2.45, 2.75) is 24.0 Å². The van der Waals surface area contributed by atoms with Gasteiger partial charge < -0.3 is 25.8 Å². The number of hydrogen-bond donors (Lipinski definition) is 4. The van der Waals surface area contributed by atoms with Crippen molar-refractivity contribution < 1.29 is 29.0 Å². The fourth-order valence-electron chi connectivity index (χ4n) is 4.05. The molecule has 4 aromatic carbocycles. The Labute approximate surface area is 259 Å². The first-order valence-corrected chi connectivity index (χ1v) is 14.5. The average Bonchev–Trinajstić information content (AvgIpc) is 3.02. The van der Waals surface area contributed by atoms with E-state index in [1.54, 1.807) is 85.8 Å². The zero-order valence-corrected chi connectivity index (χ0v) is 25.1. The Morgan fingerprint density at radius 1 is 0.818 bits per heavy atom. The minimum absolute atomic E-state index is 0.0126. The van der Waals surface area contributed by atoms with Gasteiger partial charge in [0.25, 0.3) is 11.8 Å². The molecule has 224 valence electrons. The number of carbonyl (C=O) groups excluding carboxylic acids is 4. The van der Waals surface area contributed by atoms with E-state index in [-0.39, 0.29) is 23.1 Å². The molecule has 0 spiro atoms. The largest absolute Gasteiger partial charge is 0.508 e. The van der Waals surface area contributed by atoms with Crippen LogP contribution in [-0.2, 0) is 9.59 Å². The van der Waals surface area contributed by atoms with Gasteiger partial charge in [-0.2, -0.15) is 0 Å². The Morgan fingerprint density at radius 2 is 1.55 bits per heavy atom. The van der Waals surface area contributed by atoms with Crippen LogP contribution < -0.4 is 20.7 Å². The lowest BCUT2D eigenvalue weighted by atomic mass is 10.1.